The normalized spacial score (nSPS) is 21.7. The first kappa shape index (κ1) is 37.7. The molecule has 0 saturated carbocycles. The number of hydrogen-bond acceptors (Lipinski definition) is 11. The fraction of sp³-hybridized carbons (Fsp3) is 0.450. The predicted octanol–water partition coefficient (Wildman–Crippen LogP) is 3.87. The Morgan fingerprint density at radius 2 is 1.59 bits per heavy atom. The molecule has 3 aromatic carbocycles. The summed E-state index contributed by atoms with van der Waals surface area (Å²) in [6.07, 6.45) is 6.13. The Morgan fingerprint density at radius 1 is 0.911 bits per heavy atom. The summed E-state index contributed by atoms with van der Waals surface area (Å²) in [5.41, 5.74) is 2.93. The number of nitrogens with one attached hydrogen (secondary N) is 2. The number of rotatable bonds is 13. The molecule has 8 rings (SSSR count). The van der Waals surface area contributed by atoms with Gasteiger partial charge in [-0.15, -0.1) is 0 Å². The lowest BCUT2D eigenvalue weighted by molar-refractivity contribution is -0.192. The lowest BCUT2D eigenvalue weighted by Gasteiger charge is -2.37. The molecule has 0 amide bonds. The Kier molecular flexibility index (Phi) is 11.1. The molecule has 3 aliphatic rings. The fourth-order valence-electron chi connectivity index (χ4n) is 7.76. The van der Waals surface area contributed by atoms with Crippen molar-refractivity contribution in [1.82, 2.24) is 39.7 Å². The number of piperidine rings is 1. The zero-order valence-electron chi connectivity index (χ0n) is 31.6. The van der Waals surface area contributed by atoms with Gasteiger partial charge in [-0.3, -0.25) is 0 Å². The van der Waals surface area contributed by atoms with Crippen LogP contribution in [0.15, 0.2) is 90.5 Å². The zero-order chi connectivity index (χ0) is 38.6. The van der Waals surface area contributed by atoms with Crippen LogP contribution in [0.5, 0.6) is 5.75 Å². The third-order valence-corrected chi connectivity index (χ3v) is 11.1. The molecule has 2 aromatic heterocycles. The van der Waals surface area contributed by atoms with Gasteiger partial charge >= 0.3 is 5.69 Å². The first-order valence-corrected chi connectivity index (χ1v) is 19.3. The minimum atomic E-state index is -1.51. The van der Waals surface area contributed by atoms with Gasteiger partial charge in [0.1, 0.15) is 55.6 Å². The maximum Gasteiger partial charge on any atom is 0.350 e. The average molecular weight is 771 g/mol. The van der Waals surface area contributed by atoms with Crippen LogP contribution in [0.4, 0.5) is 20.2 Å². The van der Waals surface area contributed by atoms with E-state index in [4.69, 9.17) is 14.2 Å². The smallest absolute Gasteiger partial charge is 0.350 e. The minimum absolute atomic E-state index is 0.0309. The standard InChI is InChI=1S/C40H48F2N10O4/c1-28(47-31-13-15-43-16-14-31)29(2)52-39(53)51(27-46-52)34-6-4-32(5-7-34)48-17-19-49(20-18-48)33-8-10-35(11-9-33)54-22-36-23-55-40(56-36,24-50-26-44-25-45-50)37-12-3-30(41)21-38(37)42/h3-12,21,25-29,31,36,43,47H,13-20,22-24H2,1-2H3. The van der Waals surface area contributed by atoms with E-state index in [1.54, 1.807) is 15.6 Å². The monoisotopic (exact) mass is 770 g/mol. The highest BCUT2D eigenvalue weighted by Crippen LogP contribution is 2.38. The summed E-state index contributed by atoms with van der Waals surface area (Å²) in [6, 6.07) is 19.8. The van der Waals surface area contributed by atoms with Gasteiger partial charge < -0.3 is 34.6 Å². The van der Waals surface area contributed by atoms with Gasteiger partial charge in [0.2, 0.25) is 5.79 Å². The van der Waals surface area contributed by atoms with Gasteiger partial charge in [0.15, 0.2) is 0 Å². The number of hydrogen-bond donors (Lipinski definition) is 2. The molecule has 5 heterocycles. The summed E-state index contributed by atoms with van der Waals surface area (Å²) in [6.45, 7) is 9.93. The lowest BCUT2D eigenvalue weighted by Crippen LogP contribution is -2.47. The second-order valence-corrected chi connectivity index (χ2v) is 14.8. The molecule has 4 atom stereocenters. The van der Waals surface area contributed by atoms with Crippen molar-refractivity contribution >= 4 is 11.4 Å². The van der Waals surface area contributed by atoms with Crippen LogP contribution in [-0.4, -0.2) is 99.8 Å². The Bertz CT molecular complexity index is 2100. The molecule has 56 heavy (non-hydrogen) atoms. The van der Waals surface area contributed by atoms with Crippen molar-refractivity contribution < 1.29 is 23.0 Å². The van der Waals surface area contributed by atoms with Gasteiger partial charge in [-0.1, -0.05) is 0 Å². The third-order valence-electron chi connectivity index (χ3n) is 11.1. The first-order valence-electron chi connectivity index (χ1n) is 19.3. The third kappa shape index (κ3) is 8.19. The van der Waals surface area contributed by atoms with Crippen LogP contribution in [0.25, 0.3) is 5.69 Å². The second kappa shape index (κ2) is 16.5. The Labute approximate surface area is 324 Å². The highest BCUT2D eigenvalue weighted by molar-refractivity contribution is 5.54. The zero-order valence-corrected chi connectivity index (χ0v) is 31.6. The highest BCUT2D eigenvalue weighted by Gasteiger charge is 2.46. The Morgan fingerprint density at radius 3 is 2.25 bits per heavy atom. The summed E-state index contributed by atoms with van der Waals surface area (Å²) < 4.78 is 51.7. The summed E-state index contributed by atoms with van der Waals surface area (Å²) in [5, 5.41) is 15.7. The van der Waals surface area contributed by atoms with E-state index >= 15 is 0 Å². The quantitative estimate of drug-likeness (QED) is 0.181. The Hall–Kier alpha value is -5.16. The number of anilines is 2. The molecule has 0 bridgehead atoms. The number of benzene rings is 3. The SMILES string of the molecule is CC(NC1CCNCC1)C(C)n1ncn(-c2ccc(N3CCN(c4ccc(OCC5COC(Cn6cncn6)(c6ccc(F)cc6F)O5)cc4)CC3)cc2)c1=O. The van der Waals surface area contributed by atoms with Gasteiger partial charge in [-0.05, 0) is 100 Å². The molecule has 0 spiro atoms. The Balaban J connectivity index is 0.825. The highest BCUT2D eigenvalue weighted by atomic mass is 19.1. The van der Waals surface area contributed by atoms with Gasteiger partial charge in [-0.2, -0.15) is 10.2 Å². The number of piperazine rings is 1. The van der Waals surface area contributed by atoms with Crippen LogP contribution < -0.4 is 30.9 Å². The van der Waals surface area contributed by atoms with Crippen LogP contribution in [0, 0.1) is 11.6 Å². The predicted molar refractivity (Wildman–Crippen MR) is 206 cm³/mol. The summed E-state index contributed by atoms with van der Waals surface area (Å²) in [7, 11) is 0. The molecule has 3 fully saturated rings. The molecule has 296 valence electrons. The van der Waals surface area contributed by atoms with Crippen molar-refractivity contribution in [3.8, 4) is 11.4 Å². The molecule has 14 nitrogen and oxygen atoms in total. The summed E-state index contributed by atoms with van der Waals surface area (Å²) >= 11 is 0. The van der Waals surface area contributed by atoms with E-state index in [-0.39, 0.29) is 43.1 Å². The van der Waals surface area contributed by atoms with Crippen molar-refractivity contribution in [2.45, 2.75) is 63.3 Å². The summed E-state index contributed by atoms with van der Waals surface area (Å²) in [5.74, 6) is -2.30. The fourth-order valence-corrected chi connectivity index (χ4v) is 7.76. The van der Waals surface area contributed by atoms with Crippen molar-refractivity contribution in [2.75, 3.05) is 62.3 Å². The maximum atomic E-state index is 14.9. The number of nitrogens with zero attached hydrogens (tertiary/aromatic N) is 8. The second-order valence-electron chi connectivity index (χ2n) is 14.8. The average Bonchev–Trinajstić information content (AvgIpc) is 3.98. The van der Waals surface area contributed by atoms with Crippen molar-refractivity contribution in [3.05, 3.63) is 113 Å². The number of ether oxygens (including phenoxy) is 3. The largest absolute Gasteiger partial charge is 0.491 e. The molecule has 4 unspecified atom stereocenters. The molecule has 16 heteroatoms. The van der Waals surface area contributed by atoms with Gasteiger partial charge in [0.25, 0.3) is 0 Å². The van der Waals surface area contributed by atoms with Crippen LogP contribution in [-0.2, 0) is 21.8 Å². The van der Waals surface area contributed by atoms with Crippen LogP contribution in [0.1, 0.15) is 38.3 Å². The van der Waals surface area contributed by atoms with E-state index in [0.29, 0.717) is 11.8 Å². The van der Waals surface area contributed by atoms with Crippen molar-refractivity contribution in [2.24, 2.45) is 0 Å². The molecular formula is C40H48F2N10O4. The molecule has 0 aliphatic carbocycles. The number of aromatic nitrogens is 6. The molecule has 3 aliphatic heterocycles. The topological polar surface area (TPSA) is 129 Å². The minimum Gasteiger partial charge on any atom is -0.491 e. The molecule has 5 aromatic rings. The van der Waals surface area contributed by atoms with Crippen molar-refractivity contribution in [1.29, 1.82) is 0 Å². The van der Waals surface area contributed by atoms with Gasteiger partial charge in [0, 0.05) is 61.3 Å². The maximum absolute atomic E-state index is 14.9. The molecule has 3 saturated heterocycles. The number of halogens is 2. The van der Waals surface area contributed by atoms with Crippen molar-refractivity contribution in [3.63, 3.8) is 0 Å². The lowest BCUT2D eigenvalue weighted by atomic mass is 10.0. The van der Waals surface area contributed by atoms with E-state index in [2.05, 4.69) is 54.7 Å². The van der Waals surface area contributed by atoms with Crippen LogP contribution in [0.2, 0.25) is 0 Å². The van der Waals surface area contributed by atoms with Gasteiger partial charge in [0.05, 0.1) is 18.3 Å². The van der Waals surface area contributed by atoms with E-state index < -0.39 is 23.5 Å². The summed E-state index contributed by atoms with van der Waals surface area (Å²) in [4.78, 5) is 22.0. The van der Waals surface area contributed by atoms with E-state index in [1.165, 1.54) is 29.5 Å². The molecule has 2 N–H and O–H groups in total. The van der Waals surface area contributed by atoms with Gasteiger partial charge in [-0.25, -0.2) is 32.5 Å². The first-order chi connectivity index (χ1) is 27.2. The molecular weight excluding hydrogens is 723 g/mol. The molecule has 0 radical (unpaired) electrons. The van der Waals surface area contributed by atoms with Crippen LogP contribution in [0.3, 0.4) is 0 Å². The van der Waals surface area contributed by atoms with Crippen LogP contribution >= 0.6 is 0 Å². The van der Waals surface area contributed by atoms with E-state index in [0.717, 1.165) is 75.2 Å². The van der Waals surface area contributed by atoms with E-state index in [9.17, 15) is 13.6 Å². The van der Waals surface area contributed by atoms with E-state index in [1.807, 2.05) is 43.3 Å².